The summed E-state index contributed by atoms with van der Waals surface area (Å²) in [4.78, 5) is 11.5. The third-order valence-electron chi connectivity index (χ3n) is 2.35. The maximum absolute atomic E-state index is 13.1. The molecule has 1 aliphatic heterocycles. The molecule has 0 aromatic heterocycles. The number of anilines is 1. The molecule has 0 unspecified atom stereocenters. The highest BCUT2D eigenvalue weighted by Crippen LogP contribution is 2.26. The number of carbonyl (C=O) groups is 1. The summed E-state index contributed by atoms with van der Waals surface area (Å²) in [6, 6.07) is 3.01. The summed E-state index contributed by atoms with van der Waals surface area (Å²) in [7, 11) is 0. The van der Waals surface area contributed by atoms with Gasteiger partial charge in [0.25, 0.3) is 0 Å². The van der Waals surface area contributed by atoms with Crippen LogP contribution >= 0.6 is 0 Å². The highest BCUT2D eigenvalue weighted by molar-refractivity contribution is 6.04. The molecule has 68 valence electrons. The number of fused-ring (bicyclic) bond motifs is 1. The van der Waals surface area contributed by atoms with E-state index >= 15 is 0 Å². The van der Waals surface area contributed by atoms with Crippen molar-refractivity contribution in [3.05, 3.63) is 29.1 Å². The summed E-state index contributed by atoms with van der Waals surface area (Å²) in [6.07, 6.45) is 0.456. The largest absolute Gasteiger partial charge is 0.384 e. The van der Waals surface area contributed by atoms with Gasteiger partial charge in [-0.3, -0.25) is 4.79 Å². The number of halogens is 1. The second-order valence-corrected chi connectivity index (χ2v) is 3.19. The van der Waals surface area contributed by atoms with Crippen LogP contribution in [0.1, 0.15) is 22.3 Å². The molecular weight excluding hydrogens is 169 g/mol. The fraction of sp³-hybridized carbons (Fsp3) is 0.300. The van der Waals surface area contributed by atoms with E-state index in [-0.39, 0.29) is 11.6 Å². The Hall–Kier alpha value is -1.38. The lowest BCUT2D eigenvalue weighted by Gasteiger charge is -2.18. The van der Waals surface area contributed by atoms with Crippen molar-refractivity contribution in [2.45, 2.75) is 13.3 Å². The van der Waals surface area contributed by atoms with Crippen LogP contribution in [0, 0.1) is 12.7 Å². The third-order valence-corrected chi connectivity index (χ3v) is 2.35. The summed E-state index contributed by atoms with van der Waals surface area (Å²) in [5.41, 5.74) is 1.73. The van der Waals surface area contributed by atoms with Gasteiger partial charge in [0, 0.05) is 24.2 Å². The van der Waals surface area contributed by atoms with E-state index in [1.165, 1.54) is 6.07 Å². The molecule has 0 atom stereocenters. The van der Waals surface area contributed by atoms with E-state index in [1.807, 2.05) is 0 Å². The van der Waals surface area contributed by atoms with Gasteiger partial charge in [-0.1, -0.05) is 0 Å². The van der Waals surface area contributed by atoms with Crippen LogP contribution in [0.3, 0.4) is 0 Å². The molecule has 0 fully saturated rings. The zero-order valence-corrected chi connectivity index (χ0v) is 7.36. The van der Waals surface area contributed by atoms with Crippen LogP contribution in [0.15, 0.2) is 12.1 Å². The molecule has 13 heavy (non-hydrogen) atoms. The van der Waals surface area contributed by atoms with Crippen molar-refractivity contribution in [2.24, 2.45) is 0 Å². The predicted molar refractivity (Wildman–Crippen MR) is 48.6 cm³/mol. The maximum atomic E-state index is 13.1. The lowest BCUT2D eigenvalue weighted by molar-refractivity contribution is 0.0982. The lowest BCUT2D eigenvalue weighted by Crippen LogP contribution is -2.19. The molecule has 1 aliphatic rings. The first-order chi connectivity index (χ1) is 6.20. The third kappa shape index (κ3) is 1.20. The van der Waals surface area contributed by atoms with Gasteiger partial charge in [-0.15, -0.1) is 0 Å². The van der Waals surface area contributed by atoms with E-state index in [4.69, 9.17) is 0 Å². The molecule has 1 aromatic carbocycles. The van der Waals surface area contributed by atoms with E-state index in [0.29, 0.717) is 24.1 Å². The summed E-state index contributed by atoms with van der Waals surface area (Å²) in [6.45, 7) is 2.29. The van der Waals surface area contributed by atoms with Crippen LogP contribution in [-0.4, -0.2) is 12.3 Å². The van der Waals surface area contributed by atoms with Crippen molar-refractivity contribution >= 4 is 11.5 Å². The van der Waals surface area contributed by atoms with Crippen molar-refractivity contribution in [1.29, 1.82) is 0 Å². The first-order valence-electron chi connectivity index (χ1n) is 4.26. The minimum absolute atomic E-state index is 0.0331. The molecule has 0 saturated heterocycles. The van der Waals surface area contributed by atoms with Gasteiger partial charge in [0.15, 0.2) is 5.78 Å². The second-order valence-electron chi connectivity index (χ2n) is 3.19. The first kappa shape index (κ1) is 8.23. The molecule has 2 rings (SSSR count). The number of rotatable bonds is 0. The monoisotopic (exact) mass is 179 g/mol. The van der Waals surface area contributed by atoms with Gasteiger partial charge in [-0.25, -0.2) is 4.39 Å². The number of nitrogens with one attached hydrogen (secondary N) is 1. The number of ketones is 1. The van der Waals surface area contributed by atoms with E-state index in [0.717, 1.165) is 5.69 Å². The Morgan fingerprint density at radius 1 is 1.46 bits per heavy atom. The Morgan fingerprint density at radius 3 is 3.00 bits per heavy atom. The second kappa shape index (κ2) is 2.83. The van der Waals surface area contributed by atoms with Crippen molar-refractivity contribution in [2.75, 3.05) is 11.9 Å². The van der Waals surface area contributed by atoms with Crippen LogP contribution in [0.5, 0.6) is 0 Å². The SMILES string of the molecule is Cc1c(F)ccc2c1C(=O)CCN2. The Bertz CT molecular complexity index is 373. The molecule has 0 bridgehead atoms. The number of benzene rings is 1. The maximum Gasteiger partial charge on any atom is 0.167 e. The van der Waals surface area contributed by atoms with Crippen molar-refractivity contribution in [3.8, 4) is 0 Å². The molecular formula is C10H10FNO. The molecule has 1 heterocycles. The molecule has 0 saturated carbocycles. The molecule has 0 spiro atoms. The first-order valence-corrected chi connectivity index (χ1v) is 4.26. The van der Waals surface area contributed by atoms with E-state index in [1.54, 1.807) is 13.0 Å². The minimum Gasteiger partial charge on any atom is -0.384 e. The van der Waals surface area contributed by atoms with Gasteiger partial charge in [-0.2, -0.15) is 0 Å². The van der Waals surface area contributed by atoms with E-state index in [9.17, 15) is 9.18 Å². The average Bonchev–Trinajstić information content (AvgIpc) is 2.12. The molecule has 0 aliphatic carbocycles. The van der Waals surface area contributed by atoms with Gasteiger partial charge in [0.2, 0.25) is 0 Å². The van der Waals surface area contributed by atoms with Crippen LogP contribution in [0.4, 0.5) is 10.1 Å². The Kier molecular flexibility index (Phi) is 1.79. The van der Waals surface area contributed by atoms with Crippen LogP contribution in [0.2, 0.25) is 0 Å². The Morgan fingerprint density at radius 2 is 2.23 bits per heavy atom. The number of carbonyl (C=O) groups excluding carboxylic acids is 1. The highest BCUT2D eigenvalue weighted by atomic mass is 19.1. The minimum atomic E-state index is -0.309. The fourth-order valence-corrected chi connectivity index (χ4v) is 1.63. The smallest absolute Gasteiger partial charge is 0.167 e. The number of hydrogen-bond acceptors (Lipinski definition) is 2. The fourth-order valence-electron chi connectivity index (χ4n) is 1.63. The molecule has 1 N–H and O–H groups in total. The summed E-state index contributed by atoms with van der Waals surface area (Å²) in [5, 5.41) is 3.07. The average molecular weight is 179 g/mol. The zero-order chi connectivity index (χ0) is 9.42. The molecule has 0 radical (unpaired) electrons. The number of Topliss-reactive ketones (excluding diaryl/α,β-unsaturated/α-hetero) is 1. The summed E-state index contributed by atoms with van der Waals surface area (Å²) >= 11 is 0. The quantitative estimate of drug-likeness (QED) is 0.661. The van der Waals surface area contributed by atoms with Crippen LogP contribution in [0.25, 0.3) is 0 Å². The van der Waals surface area contributed by atoms with Crippen molar-refractivity contribution in [3.63, 3.8) is 0 Å². The number of hydrogen-bond donors (Lipinski definition) is 1. The van der Waals surface area contributed by atoms with Gasteiger partial charge in [0.1, 0.15) is 5.82 Å². The lowest BCUT2D eigenvalue weighted by atomic mass is 9.97. The van der Waals surface area contributed by atoms with Gasteiger partial charge < -0.3 is 5.32 Å². The van der Waals surface area contributed by atoms with E-state index < -0.39 is 0 Å². The molecule has 2 nitrogen and oxygen atoms in total. The predicted octanol–water partition coefficient (Wildman–Crippen LogP) is 2.13. The normalized spacial score (nSPS) is 15.1. The molecule has 0 amide bonds. The topological polar surface area (TPSA) is 29.1 Å². The summed E-state index contributed by atoms with van der Waals surface area (Å²) in [5.74, 6) is -0.276. The molecule has 3 heteroatoms. The highest BCUT2D eigenvalue weighted by Gasteiger charge is 2.20. The van der Waals surface area contributed by atoms with Crippen LogP contribution < -0.4 is 5.32 Å². The van der Waals surface area contributed by atoms with Crippen molar-refractivity contribution in [1.82, 2.24) is 0 Å². The standard InChI is InChI=1S/C10H10FNO/c1-6-7(11)2-3-8-10(6)9(13)4-5-12-8/h2-3,12H,4-5H2,1H3. The zero-order valence-electron chi connectivity index (χ0n) is 7.36. The van der Waals surface area contributed by atoms with Gasteiger partial charge in [0.05, 0.1) is 0 Å². The van der Waals surface area contributed by atoms with Gasteiger partial charge in [-0.05, 0) is 24.6 Å². The summed E-state index contributed by atoms with van der Waals surface area (Å²) < 4.78 is 13.1. The Balaban J connectivity index is 2.65. The molecule has 1 aromatic rings. The Labute approximate surface area is 75.8 Å². The van der Waals surface area contributed by atoms with Crippen molar-refractivity contribution < 1.29 is 9.18 Å². The van der Waals surface area contributed by atoms with Gasteiger partial charge >= 0.3 is 0 Å². The van der Waals surface area contributed by atoms with Crippen LogP contribution in [-0.2, 0) is 0 Å². The van der Waals surface area contributed by atoms with E-state index in [2.05, 4.69) is 5.32 Å².